The molecule has 7 heteroatoms. The van der Waals surface area contributed by atoms with Crippen molar-refractivity contribution in [1.82, 2.24) is 19.1 Å². The number of aromatic amines is 1. The SMILES string of the molecule is Cn1c(=O)c2[nH]c(NCCC3CC3)nc2n(C)c1=O. The van der Waals surface area contributed by atoms with Crippen molar-refractivity contribution in [2.75, 3.05) is 11.9 Å². The van der Waals surface area contributed by atoms with Gasteiger partial charge in [-0.05, 0) is 12.3 Å². The van der Waals surface area contributed by atoms with Crippen molar-refractivity contribution in [1.29, 1.82) is 0 Å². The third kappa shape index (κ3) is 2.05. The van der Waals surface area contributed by atoms with Crippen LogP contribution in [0.4, 0.5) is 5.95 Å². The minimum atomic E-state index is -0.367. The van der Waals surface area contributed by atoms with Gasteiger partial charge in [-0.25, -0.2) is 4.79 Å². The predicted octanol–water partition coefficient (Wildman–Crippen LogP) is 0.172. The molecule has 2 N–H and O–H groups in total. The lowest BCUT2D eigenvalue weighted by Gasteiger charge is -2.00. The Hall–Kier alpha value is -2.05. The van der Waals surface area contributed by atoms with E-state index in [0.29, 0.717) is 17.1 Å². The number of imidazole rings is 1. The molecule has 1 aliphatic rings. The summed E-state index contributed by atoms with van der Waals surface area (Å²) in [6, 6.07) is 0. The molecular weight excluding hydrogens is 246 g/mol. The fourth-order valence-corrected chi connectivity index (χ4v) is 2.21. The maximum absolute atomic E-state index is 12.0. The Morgan fingerprint density at radius 3 is 2.74 bits per heavy atom. The van der Waals surface area contributed by atoms with Gasteiger partial charge in [-0.1, -0.05) is 12.8 Å². The van der Waals surface area contributed by atoms with E-state index in [4.69, 9.17) is 0 Å². The zero-order valence-electron chi connectivity index (χ0n) is 11.1. The Balaban J connectivity index is 1.95. The average Bonchev–Trinajstić information content (AvgIpc) is 3.12. The van der Waals surface area contributed by atoms with Gasteiger partial charge in [0.25, 0.3) is 5.56 Å². The number of aryl methyl sites for hydroxylation is 1. The standard InChI is InChI=1S/C12H17N5O2/c1-16-9-8(10(18)17(2)12(16)19)14-11(15-9)13-6-5-7-3-4-7/h7H,3-6H2,1-2H3,(H2,13,14,15). The second-order valence-corrected chi connectivity index (χ2v) is 5.15. The summed E-state index contributed by atoms with van der Waals surface area (Å²) >= 11 is 0. The minimum absolute atomic E-state index is 0.346. The molecule has 0 aromatic carbocycles. The van der Waals surface area contributed by atoms with E-state index in [1.54, 1.807) is 7.05 Å². The number of aromatic nitrogens is 4. The smallest absolute Gasteiger partial charge is 0.332 e. The highest BCUT2D eigenvalue weighted by atomic mass is 16.2. The summed E-state index contributed by atoms with van der Waals surface area (Å²) in [6.07, 6.45) is 3.75. The number of nitrogens with one attached hydrogen (secondary N) is 2. The molecule has 0 bridgehead atoms. The highest BCUT2D eigenvalue weighted by Crippen LogP contribution is 2.31. The molecule has 0 spiro atoms. The molecule has 2 aromatic heterocycles. The Labute approximate surface area is 109 Å². The number of rotatable bonds is 4. The predicted molar refractivity (Wildman–Crippen MR) is 72.4 cm³/mol. The van der Waals surface area contributed by atoms with Crippen LogP contribution in [0.25, 0.3) is 11.2 Å². The van der Waals surface area contributed by atoms with Gasteiger partial charge in [-0.15, -0.1) is 0 Å². The quantitative estimate of drug-likeness (QED) is 0.823. The monoisotopic (exact) mass is 263 g/mol. The van der Waals surface area contributed by atoms with Crippen LogP contribution >= 0.6 is 0 Å². The molecule has 19 heavy (non-hydrogen) atoms. The van der Waals surface area contributed by atoms with E-state index in [2.05, 4.69) is 15.3 Å². The second kappa shape index (κ2) is 4.25. The van der Waals surface area contributed by atoms with E-state index in [1.165, 1.54) is 24.5 Å². The molecular formula is C12H17N5O2. The molecule has 0 atom stereocenters. The molecule has 0 amide bonds. The van der Waals surface area contributed by atoms with Gasteiger partial charge < -0.3 is 10.3 Å². The van der Waals surface area contributed by atoms with Crippen LogP contribution in [0, 0.1) is 5.92 Å². The normalized spacial score (nSPS) is 15.1. The summed E-state index contributed by atoms with van der Waals surface area (Å²) < 4.78 is 2.45. The maximum Gasteiger partial charge on any atom is 0.332 e. The van der Waals surface area contributed by atoms with Gasteiger partial charge in [0, 0.05) is 20.6 Å². The highest BCUT2D eigenvalue weighted by Gasteiger charge is 2.20. The number of anilines is 1. The largest absolute Gasteiger partial charge is 0.356 e. The first kappa shape index (κ1) is 12.0. The van der Waals surface area contributed by atoms with Gasteiger partial charge in [0.05, 0.1) is 0 Å². The molecule has 0 unspecified atom stereocenters. The summed E-state index contributed by atoms with van der Waals surface area (Å²) in [5.74, 6) is 1.39. The first-order valence-electron chi connectivity index (χ1n) is 6.47. The van der Waals surface area contributed by atoms with Gasteiger partial charge in [0.1, 0.15) is 0 Å². The van der Waals surface area contributed by atoms with E-state index < -0.39 is 0 Å². The van der Waals surface area contributed by atoms with E-state index in [1.807, 2.05) is 0 Å². The second-order valence-electron chi connectivity index (χ2n) is 5.15. The highest BCUT2D eigenvalue weighted by molar-refractivity contribution is 5.72. The number of hydrogen-bond acceptors (Lipinski definition) is 4. The van der Waals surface area contributed by atoms with Crippen LogP contribution in [0.3, 0.4) is 0 Å². The molecule has 102 valence electrons. The Bertz CT molecular complexity index is 735. The van der Waals surface area contributed by atoms with Crippen molar-refractivity contribution in [3.8, 4) is 0 Å². The van der Waals surface area contributed by atoms with Crippen LogP contribution in [0.1, 0.15) is 19.3 Å². The zero-order valence-corrected chi connectivity index (χ0v) is 11.1. The lowest BCUT2D eigenvalue weighted by atomic mass is 10.3. The zero-order chi connectivity index (χ0) is 13.6. The fraction of sp³-hybridized carbons (Fsp3) is 0.583. The van der Waals surface area contributed by atoms with Gasteiger partial charge in [-0.3, -0.25) is 13.9 Å². The summed E-state index contributed by atoms with van der Waals surface area (Å²) in [6.45, 7) is 0.832. The lowest BCUT2D eigenvalue weighted by molar-refractivity contribution is 0.708. The first-order chi connectivity index (χ1) is 9.08. The topological polar surface area (TPSA) is 84.7 Å². The number of H-pyrrole nitrogens is 1. The number of hydrogen-bond donors (Lipinski definition) is 2. The summed E-state index contributed by atoms with van der Waals surface area (Å²) in [5, 5.41) is 3.17. The van der Waals surface area contributed by atoms with Gasteiger partial charge in [0.2, 0.25) is 5.95 Å². The Morgan fingerprint density at radius 2 is 2.05 bits per heavy atom. The molecule has 1 saturated carbocycles. The molecule has 7 nitrogen and oxygen atoms in total. The maximum atomic E-state index is 12.0. The van der Waals surface area contributed by atoms with Crippen LogP contribution in [0.2, 0.25) is 0 Å². The fourth-order valence-electron chi connectivity index (χ4n) is 2.21. The van der Waals surface area contributed by atoms with E-state index in [-0.39, 0.29) is 11.2 Å². The Morgan fingerprint density at radius 1 is 1.32 bits per heavy atom. The van der Waals surface area contributed by atoms with Crippen LogP contribution in [-0.4, -0.2) is 25.6 Å². The van der Waals surface area contributed by atoms with Crippen molar-refractivity contribution in [2.24, 2.45) is 20.0 Å². The van der Waals surface area contributed by atoms with E-state index in [9.17, 15) is 9.59 Å². The molecule has 3 rings (SSSR count). The molecule has 0 aliphatic heterocycles. The molecule has 0 radical (unpaired) electrons. The first-order valence-corrected chi connectivity index (χ1v) is 6.47. The van der Waals surface area contributed by atoms with E-state index >= 15 is 0 Å². The average molecular weight is 263 g/mol. The summed E-state index contributed by atoms with van der Waals surface area (Å²) in [4.78, 5) is 31.0. The third-order valence-corrected chi connectivity index (χ3v) is 3.64. The Kier molecular flexibility index (Phi) is 2.69. The van der Waals surface area contributed by atoms with E-state index in [0.717, 1.165) is 23.5 Å². The molecule has 2 heterocycles. The number of fused-ring (bicyclic) bond motifs is 1. The van der Waals surface area contributed by atoms with Crippen LogP contribution < -0.4 is 16.6 Å². The molecule has 0 saturated heterocycles. The van der Waals surface area contributed by atoms with Crippen molar-refractivity contribution in [3.05, 3.63) is 20.8 Å². The van der Waals surface area contributed by atoms with Crippen LogP contribution in [0.5, 0.6) is 0 Å². The van der Waals surface area contributed by atoms with Gasteiger partial charge in [-0.2, -0.15) is 4.98 Å². The van der Waals surface area contributed by atoms with Crippen molar-refractivity contribution in [3.63, 3.8) is 0 Å². The summed E-state index contributed by atoms with van der Waals surface area (Å²) in [7, 11) is 3.07. The van der Waals surface area contributed by atoms with Crippen LogP contribution in [0.15, 0.2) is 9.59 Å². The van der Waals surface area contributed by atoms with Gasteiger partial charge >= 0.3 is 5.69 Å². The molecule has 1 aliphatic carbocycles. The molecule has 1 fully saturated rings. The van der Waals surface area contributed by atoms with Crippen molar-refractivity contribution < 1.29 is 0 Å². The summed E-state index contributed by atoms with van der Waals surface area (Å²) in [5.41, 5.74) is 0.0370. The molecule has 2 aromatic rings. The van der Waals surface area contributed by atoms with Gasteiger partial charge in [0.15, 0.2) is 11.2 Å². The lowest BCUT2D eigenvalue weighted by Crippen LogP contribution is -2.36. The van der Waals surface area contributed by atoms with Crippen molar-refractivity contribution in [2.45, 2.75) is 19.3 Å². The minimum Gasteiger partial charge on any atom is -0.356 e. The van der Waals surface area contributed by atoms with Crippen molar-refractivity contribution >= 4 is 17.1 Å². The van der Waals surface area contributed by atoms with Crippen LogP contribution in [-0.2, 0) is 14.1 Å². The third-order valence-electron chi connectivity index (χ3n) is 3.64. The number of nitrogens with zero attached hydrogens (tertiary/aromatic N) is 3.